The fourth-order valence-corrected chi connectivity index (χ4v) is 1.16. The average molecular weight is 149 g/mol. The van der Waals surface area contributed by atoms with Crippen LogP contribution in [-0.4, -0.2) is 12.0 Å². The summed E-state index contributed by atoms with van der Waals surface area (Å²) in [5, 5.41) is 3.91. The van der Waals surface area contributed by atoms with Gasteiger partial charge in [0.25, 0.3) is 0 Å². The van der Waals surface area contributed by atoms with Gasteiger partial charge in [0.1, 0.15) is 5.00 Å². The van der Waals surface area contributed by atoms with Crippen LogP contribution in [0.4, 0.5) is 5.00 Å². The smallest absolute Gasteiger partial charge is 0.185 e. The number of nitrogens with one attached hydrogen (secondary N) is 1. The van der Waals surface area contributed by atoms with E-state index in [1.165, 1.54) is 11.3 Å². The summed E-state index contributed by atoms with van der Waals surface area (Å²) < 4.78 is 0.578. The molecule has 1 aromatic rings. The maximum absolute atomic E-state index is 5.51. The SMILES string of the molecule is CNc1cnc(Cl)s1. The molecule has 0 saturated carbocycles. The van der Waals surface area contributed by atoms with Crippen LogP contribution in [0.5, 0.6) is 0 Å². The minimum absolute atomic E-state index is 0.578. The molecule has 0 atom stereocenters. The molecule has 0 fully saturated rings. The second-order valence-electron chi connectivity index (χ2n) is 1.23. The maximum atomic E-state index is 5.51. The molecular weight excluding hydrogens is 144 g/mol. The van der Waals surface area contributed by atoms with Gasteiger partial charge in [0.2, 0.25) is 0 Å². The molecule has 0 aliphatic rings. The zero-order valence-electron chi connectivity index (χ0n) is 4.31. The number of nitrogens with zero attached hydrogens (tertiary/aromatic N) is 1. The molecule has 0 aliphatic heterocycles. The van der Waals surface area contributed by atoms with Crippen LogP contribution in [0.15, 0.2) is 6.20 Å². The van der Waals surface area contributed by atoms with Crippen LogP contribution in [0.3, 0.4) is 0 Å². The van der Waals surface area contributed by atoms with Crippen molar-refractivity contribution >= 4 is 27.9 Å². The second kappa shape index (κ2) is 2.33. The van der Waals surface area contributed by atoms with Gasteiger partial charge in [-0.25, -0.2) is 4.98 Å². The Morgan fingerprint density at radius 1 is 1.88 bits per heavy atom. The van der Waals surface area contributed by atoms with E-state index < -0.39 is 0 Å². The molecule has 0 amide bonds. The van der Waals surface area contributed by atoms with Crippen molar-refractivity contribution in [1.29, 1.82) is 0 Å². The molecule has 8 heavy (non-hydrogen) atoms. The van der Waals surface area contributed by atoms with Crippen molar-refractivity contribution in [2.75, 3.05) is 12.4 Å². The Kier molecular flexibility index (Phi) is 1.70. The normalized spacial score (nSPS) is 9.25. The van der Waals surface area contributed by atoms with Gasteiger partial charge in [-0.2, -0.15) is 0 Å². The molecule has 0 aromatic carbocycles. The van der Waals surface area contributed by atoms with Gasteiger partial charge >= 0.3 is 0 Å². The first-order valence-corrected chi connectivity index (χ1v) is 3.31. The van der Waals surface area contributed by atoms with Crippen molar-refractivity contribution in [2.45, 2.75) is 0 Å². The van der Waals surface area contributed by atoms with E-state index in [2.05, 4.69) is 10.3 Å². The lowest BCUT2D eigenvalue weighted by Crippen LogP contribution is -1.80. The third-order valence-corrected chi connectivity index (χ3v) is 1.86. The highest BCUT2D eigenvalue weighted by Crippen LogP contribution is 2.21. The molecule has 1 rings (SSSR count). The topological polar surface area (TPSA) is 24.9 Å². The van der Waals surface area contributed by atoms with E-state index in [-0.39, 0.29) is 0 Å². The van der Waals surface area contributed by atoms with Crippen LogP contribution in [-0.2, 0) is 0 Å². The van der Waals surface area contributed by atoms with Crippen molar-refractivity contribution in [2.24, 2.45) is 0 Å². The monoisotopic (exact) mass is 148 g/mol. The number of rotatable bonds is 1. The van der Waals surface area contributed by atoms with Gasteiger partial charge in [-0.1, -0.05) is 22.9 Å². The third-order valence-electron chi connectivity index (χ3n) is 0.724. The summed E-state index contributed by atoms with van der Waals surface area (Å²) in [5.74, 6) is 0. The number of hydrogen-bond donors (Lipinski definition) is 1. The van der Waals surface area contributed by atoms with Gasteiger partial charge < -0.3 is 5.32 Å². The number of anilines is 1. The van der Waals surface area contributed by atoms with Crippen molar-refractivity contribution < 1.29 is 0 Å². The third kappa shape index (κ3) is 1.11. The molecule has 0 unspecified atom stereocenters. The number of thiazole rings is 1. The second-order valence-corrected chi connectivity index (χ2v) is 2.84. The first kappa shape index (κ1) is 5.85. The van der Waals surface area contributed by atoms with Crippen molar-refractivity contribution in [3.63, 3.8) is 0 Å². The summed E-state index contributed by atoms with van der Waals surface area (Å²) in [6, 6.07) is 0. The van der Waals surface area contributed by atoms with E-state index >= 15 is 0 Å². The molecule has 1 aromatic heterocycles. The van der Waals surface area contributed by atoms with Crippen molar-refractivity contribution in [3.05, 3.63) is 10.7 Å². The highest BCUT2D eigenvalue weighted by molar-refractivity contribution is 7.19. The molecule has 2 nitrogen and oxygen atoms in total. The zero-order chi connectivity index (χ0) is 5.98. The van der Waals surface area contributed by atoms with E-state index in [9.17, 15) is 0 Å². The van der Waals surface area contributed by atoms with Gasteiger partial charge in [0.05, 0.1) is 6.20 Å². The number of hydrogen-bond acceptors (Lipinski definition) is 3. The Balaban J connectivity index is 2.84. The lowest BCUT2D eigenvalue weighted by atomic mass is 10.8. The Morgan fingerprint density at radius 2 is 2.62 bits per heavy atom. The molecule has 0 bridgehead atoms. The Labute approximate surface area is 56.5 Å². The van der Waals surface area contributed by atoms with Crippen LogP contribution >= 0.6 is 22.9 Å². The molecule has 44 valence electrons. The molecular formula is C4H5ClN2S. The van der Waals surface area contributed by atoms with Crippen molar-refractivity contribution in [3.8, 4) is 0 Å². The van der Waals surface area contributed by atoms with Crippen LogP contribution in [0.25, 0.3) is 0 Å². The summed E-state index contributed by atoms with van der Waals surface area (Å²) in [6.07, 6.45) is 1.70. The van der Waals surface area contributed by atoms with Crippen LogP contribution in [0, 0.1) is 0 Å². The fourth-order valence-electron chi connectivity index (χ4n) is 0.368. The van der Waals surface area contributed by atoms with E-state index in [0.29, 0.717) is 4.47 Å². The van der Waals surface area contributed by atoms with Crippen LogP contribution in [0.1, 0.15) is 0 Å². The molecule has 0 radical (unpaired) electrons. The maximum Gasteiger partial charge on any atom is 0.185 e. The Morgan fingerprint density at radius 3 is 2.88 bits per heavy atom. The molecule has 0 aliphatic carbocycles. The number of halogens is 1. The van der Waals surface area contributed by atoms with Gasteiger partial charge in [0.15, 0.2) is 4.47 Å². The van der Waals surface area contributed by atoms with E-state index in [1.807, 2.05) is 7.05 Å². The first-order valence-electron chi connectivity index (χ1n) is 2.12. The Bertz CT molecular complexity index is 174. The van der Waals surface area contributed by atoms with Crippen LogP contribution < -0.4 is 5.32 Å². The summed E-state index contributed by atoms with van der Waals surface area (Å²) in [4.78, 5) is 3.81. The van der Waals surface area contributed by atoms with E-state index in [4.69, 9.17) is 11.6 Å². The molecule has 1 heterocycles. The Hall–Kier alpha value is -0.280. The van der Waals surface area contributed by atoms with Gasteiger partial charge in [-0.15, -0.1) is 0 Å². The average Bonchev–Trinajstić information content (AvgIpc) is 2.14. The van der Waals surface area contributed by atoms with Gasteiger partial charge in [0, 0.05) is 7.05 Å². The summed E-state index contributed by atoms with van der Waals surface area (Å²) in [5.41, 5.74) is 0. The lowest BCUT2D eigenvalue weighted by molar-refractivity contribution is 1.41. The summed E-state index contributed by atoms with van der Waals surface area (Å²) in [7, 11) is 1.84. The van der Waals surface area contributed by atoms with Crippen molar-refractivity contribution in [1.82, 2.24) is 4.98 Å². The van der Waals surface area contributed by atoms with E-state index in [0.717, 1.165) is 5.00 Å². The fraction of sp³-hybridized carbons (Fsp3) is 0.250. The largest absolute Gasteiger partial charge is 0.379 e. The van der Waals surface area contributed by atoms with Gasteiger partial charge in [-0.3, -0.25) is 0 Å². The highest BCUT2D eigenvalue weighted by Gasteiger charge is 1.92. The lowest BCUT2D eigenvalue weighted by Gasteiger charge is -1.84. The predicted octanol–water partition coefficient (Wildman–Crippen LogP) is 1.84. The quantitative estimate of drug-likeness (QED) is 0.658. The predicted molar refractivity (Wildman–Crippen MR) is 36.7 cm³/mol. The van der Waals surface area contributed by atoms with Crippen LogP contribution in [0.2, 0.25) is 4.47 Å². The first-order chi connectivity index (χ1) is 3.83. The minimum Gasteiger partial charge on any atom is -0.379 e. The summed E-state index contributed by atoms with van der Waals surface area (Å²) in [6.45, 7) is 0. The number of aromatic nitrogens is 1. The molecule has 0 saturated heterocycles. The van der Waals surface area contributed by atoms with E-state index in [1.54, 1.807) is 6.20 Å². The van der Waals surface area contributed by atoms with Gasteiger partial charge in [-0.05, 0) is 0 Å². The molecule has 0 spiro atoms. The standard InChI is InChI=1S/C4H5ClN2S/c1-6-3-2-7-4(5)8-3/h2,6H,1H3. The molecule has 1 N–H and O–H groups in total. The zero-order valence-corrected chi connectivity index (χ0v) is 5.88. The summed E-state index contributed by atoms with van der Waals surface area (Å²) >= 11 is 6.94. The highest BCUT2D eigenvalue weighted by atomic mass is 35.5. The molecule has 4 heteroatoms. The minimum atomic E-state index is 0.578.